The zero-order chi connectivity index (χ0) is 57.8. The van der Waals surface area contributed by atoms with Crippen LogP contribution >= 0.6 is 0 Å². The van der Waals surface area contributed by atoms with Gasteiger partial charge in [0.05, 0.1) is 9.79 Å². The molecule has 0 spiro atoms. The molecule has 0 aliphatic rings. The standard InChI is InChI=1S/2C36H60O3S.Ba/c2*1-3-5-7-9-11-13-15-17-19-21-23-27-32-31-36(40(37,38)39)35-30-26-25-29-34(35)33(32)28-24-22-20-18-16-14-12-10-8-6-4-2;/h2*25-26,29-31H,3-24,27-28H2,1-2H3,(H,37,38,39);/q;;+2/p-2. The van der Waals surface area contributed by atoms with Crippen molar-refractivity contribution in [3.8, 4) is 0 Å². The topological polar surface area (TPSA) is 114 Å². The minimum Gasteiger partial charge on any atom is -0.744 e. The minimum atomic E-state index is -4.52. The van der Waals surface area contributed by atoms with Gasteiger partial charge in [-0.1, -0.05) is 333 Å². The molecule has 4 aromatic rings. The van der Waals surface area contributed by atoms with Crippen molar-refractivity contribution in [3.63, 3.8) is 0 Å². The molecule has 0 fully saturated rings. The maximum Gasteiger partial charge on any atom is 2.00 e. The van der Waals surface area contributed by atoms with E-state index in [1.807, 2.05) is 36.4 Å². The second kappa shape index (κ2) is 48.9. The normalized spacial score (nSPS) is 11.8. The largest absolute Gasteiger partial charge is 2.00 e. The predicted octanol–water partition coefficient (Wildman–Crippen LogP) is 22.5. The third kappa shape index (κ3) is 34.1. The summed E-state index contributed by atoms with van der Waals surface area (Å²) in [5.74, 6) is 0. The summed E-state index contributed by atoms with van der Waals surface area (Å²) in [4.78, 5) is -0.0762. The fraction of sp³-hybridized carbons (Fsp3) is 0.722. The zero-order valence-electron chi connectivity index (χ0n) is 52.7. The van der Waals surface area contributed by atoms with Crippen molar-refractivity contribution in [3.05, 3.63) is 82.9 Å². The van der Waals surface area contributed by atoms with Crippen LogP contribution in [0.2, 0.25) is 0 Å². The molecule has 0 aliphatic carbocycles. The summed E-state index contributed by atoms with van der Waals surface area (Å²) >= 11 is 0. The molecule has 0 unspecified atom stereocenters. The van der Waals surface area contributed by atoms with Gasteiger partial charge in [0.1, 0.15) is 20.2 Å². The molecule has 0 heterocycles. The fourth-order valence-electron chi connectivity index (χ4n) is 12.3. The Bertz CT molecular complexity index is 2230. The minimum absolute atomic E-state index is 0. The van der Waals surface area contributed by atoms with Crippen LogP contribution in [-0.2, 0) is 45.9 Å². The van der Waals surface area contributed by atoms with Gasteiger partial charge in [0, 0.05) is 0 Å². The van der Waals surface area contributed by atoms with E-state index in [1.54, 1.807) is 24.3 Å². The van der Waals surface area contributed by atoms with Crippen LogP contribution < -0.4 is 0 Å². The van der Waals surface area contributed by atoms with Gasteiger partial charge in [-0.05, 0) is 107 Å². The van der Waals surface area contributed by atoms with Gasteiger partial charge in [-0.3, -0.25) is 0 Å². The monoisotopic (exact) mass is 1280 g/mol. The molecular weight excluding hydrogens is 1160 g/mol. The van der Waals surface area contributed by atoms with Crippen molar-refractivity contribution < 1.29 is 25.9 Å². The Labute approximate surface area is 540 Å². The van der Waals surface area contributed by atoms with Crippen LogP contribution in [0.25, 0.3) is 21.5 Å². The summed E-state index contributed by atoms with van der Waals surface area (Å²) in [7, 11) is -9.04. The van der Waals surface area contributed by atoms with Crippen molar-refractivity contribution in [1.82, 2.24) is 0 Å². The Morgan fingerprint density at radius 2 is 0.457 bits per heavy atom. The van der Waals surface area contributed by atoms with Gasteiger partial charge in [-0.25, -0.2) is 16.8 Å². The Hall–Kier alpha value is -1.21. The van der Waals surface area contributed by atoms with Crippen LogP contribution in [0, 0.1) is 0 Å². The van der Waals surface area contributed by atoms with E-state index in [0.29, 0.717) is 10.8 Å². The van der Waals surface area contributed by atoms with Crippen LogP contribution in [0.1, 0.15) is 332 Å². The first-order valence-corrected chi connectivity index (χ1v) is 36.8. The van der Waals surface area contributed by atoms with Crippen LogP contribution in [0.4, 0.5) is 0 Å². The fourth-order valence-corrected chi connectivity index (χ4v) is 13.7. The van der Waals surface area contributed by atoms with E-state index >= 15 is 0 Å². The average molecular weight is 1280 g/mol. The molecule has 4 aromatic carbocycles. The van der Waals surface area contributed by atoms with Crippen LogP contribution in [0.3, 0.4) is 0 Å². The summed E-state index contributed by atoms with van der Waals surface area (Å²) < 4.78 is 73.0. The molecule has 0 aliphatic heterocycles. The molecular formula is C72H118BaO6S2. The molecule has 6 nitrogen and oxygen atoms in total. The molecule has 0 N–H and O–H groups in total. The average Bonchev–Trinajstić information content (AvgIpc) is 3.62. The summed E-state index contributed by atoms with van der Waals surface area (Å²) in [5, 5.41) is 3.12. The van der Waals surface area contributed by atoms with E-state index < -0.39 is 20.2 Å². The first kappa shape index (κ1) is 75.9. The third-order valence-electron chi connectivity index (χ3n) is 17.1. The van der Waals surface area contributed by atoms with Gasteiger partial charge in [-0.2, -0.15) is 0 Å². The third-order valence-corrected chi connectivity index (χ3v) is 18.9. The van der Waals surface area contributed by atoms with Crippen LogP contribution in [0.5, 0.6) is 0 Å². The number of hydrogen-bond acceptors (Lipinski definition) is 6. The van der Waals surface area contributed by atoms with Crippen LogP contribution in [0.15, 0.2) is 70.5 Å². The number of fused-ring (bicyclic) bond motifs is 2. The molecule has 0 atom stereocenters. The van der Waals surface area contributed by atoms with Crippen molar-refractivity contribution in [1.29, 1.82) is 0 Å². The number of aryl methyl sites for hydroxylation is 4. The van der Waals surface area contributed by atoms with Gasteiger partial charge in [0.2, 0.25) is 0 Å². The van der Waals surface area contributed by atoms with Gasteiger partial charge >= 0.3 is 48.9 Å². The molecule has 456 valence electrons. The van der Waals surface area contributed by atoms with E-state index in [1.165, 1.54) is 268 Å². The molecule has 81 heavy (non-hydrogen) atoms. The summed E-state index contributed by atoms with van der Waals surface area (Å²) in [6, 6.07) is 18.7. The van der Waals surface area contributed by atoms with Crippen molar-refractivity contribution >= 4 is 90.7 Å². The summed E-state index contributed by atoms with van der Waals surface area (Å²) in [6.07, 6.45) is 61.0. The van der Waals surface area contributed by atoms with E-state index in [4.69, 9.17) is 0 Å². The van der Waals surface area contributed by atoms with Crippen molar-refractivity contribution in [2.24, 2.45) is 0 Å². The van der Waals surface area contributed by atoms with Gasteiger partial charge in [0.25, 0.3) is 0 Å². The van der Waals surface area contributed by atoms with E-state index in [9.17, 15) is 25.9 Å². The Kier molecular flexibility index (Phi) is 45.8. The molecule has 0 saturated carbocycles. The Balaban J connectivity index is 0.000000547. The first-order valence-electron chi connectivity index (χ1n) is 34.0. The molecule has 4 rings (SSSR count). The Morgan fingerprint density at radius 1 is 0.272 bits per heavy atom. The number of unbranched alkanes of at least 4 members (excludes halogenated alkanes) is 40. The zero-order valence-corrected chi connectivity index (χ0v) is 58.8. The number of rotatable bonds is 50. The van der Waals surface area contributed by atoms with E-state index in [0.717, 1.165) is 73.3 Å². The first-order chi connectivity index (χ1) is 39.0. The quantitative estimate of drug-likeness (QED) is 0.0247. The molecule has 0 saturated heterocycles. The van der Waals surface area contributed by atoms with Crippen molar-refractivity contribution in [2.75, 3.05) is 0 Å². The second-order valence-corrected chi connectivity index (χ2v) is 26.9. The molecule has 0 amide bonds. The molecule has 0 radical (unpaired) electrons. The van der Waals surface area contributed by atoms with Gasteiger partial charge < -0.3 is 9.11 Å². The molecule has 9 heteroatoms. The summed E-state index contributed by atoms with van der Waals surface area (Å²) in [6.45, 7) is 9.06. The number of hydrogen-bond donors (Lipinski definition) is 0. The maximum absolute atomic E-state index is 12.2. The molecule has 0 bridgehead atoms. The van der Waals surface area contributed by atoms with Crippen LogP contribution in [-0.4, -0.2) is 74.8 Å². The number of benzene rings is 4. The van der Waals surface area contributed by atoms with E-state index in [-0.39, 0.29) is 58.7 Å². The SMILES string of the molecule is CCCCCCCCCCCCCc1cc(S(=O)(=O)[O-])c2ccccc2c1CCCCCCCCCCCCC.CCCCCCCCCCCCCc1cc(S(=O)(=O)[O-])c2ccccc2c1CCCCCCCCCCCCC.[Ba+2]. The van der Waals surface area contributed by atoms with Gasteiger partial charge in [-0.15, -0.1) is 0 Å². The molecule has 0 aromatic heterocycles. The second-order valence-electron chi connectivity index (χ2n) is 24.2. The predicted molar refractivity (Wildman–Crippen MR) is 350 cm³/mol. The smallest absolute Gasteiger partial charge is 0.744 e. The Morgan fingerprint density at radius 3 is 0.667 bits per heavy atom. The van der Waals surface area contributed by atoms with Gasteiger partial charge in [0.15, 0.2) is 0 Å². The van der Waals surface area contributed by atoms with Crippen molar-refractivity contribution in [2.45, 2.75) is 346 Å². The maximum atomic E-state index is 12.2. The summed E-state index contributed by atoms with van der Waals surface area (Å²) in [5.41, 5.74) is 4.70. The van der Waals surface area contributed by atoms with E-state index in [2.05, 4.69) is 27.7 Å².